The molecule has 0 aromatic heterocycles. The van der Waals surface area contributed by atoms with Crippen LogP contribution >= 0.6 is 0 Å². The minimum absolute atomic E-state index is 0.0632. The standard InChI is InChI=1S/C15H20N2O3/c1-2-7-17(8-9-18)15(20)12-10-14(19)16-13-6-4-3-5-11(12)13/h3-6,12,18H,2,7-10H2,1H3,(H,16,19). The van der Waals surface area contributed by atoms with E-state index in [0.717, 1.165) is 12.0 Å². The molecule has 1 aliphatic heterocycles. The zero-order valence-corrected chi connectivity index (χ0v) is 11.6. The summed E-state index contributed by atoms with van der Waals surface area (Å²) in [6, 6.07) is 7.39. The van der Waals surface area contributed by atoms with E-state index in [2.05, 4.69) is 5.32 Å². The van der Waals surface area contributed by atoms with Crippen molar-refractivity contribution in [2.75, 3.05) is 25.0 Å². The number of fused-ring (bicyclic) bond motifs is 1. The van der Waals surface area contributed by atoms with Gasteiger partial charge in [-0.15, -0.1) is 0 Å². The number of benzene rings is 1. The summed E-state index contributed by atoms with van der Waals surface area (Å²) in [6.45, 7) is 2.83. The van der Waals surface area contributed by atoms with Crippen molar-refractivity contribution in [3.8, 4) is 0 Å². The molecule has 1 aromatic rings. The predicted octanol–water partition coefficient (Wildman–Crippen LogP) is 1.34. The number of para-hydroxylation sites is 1. The van der Waals surface area contributed by atoms with Crippen LogP contribution in [0.25, 0.3) is 0 Å². The predicted molar refractivity (Wildman–Crippen MR) is 76.4 cm³/mol. The van der Waals surface area contributed by atoms with Gasteiger partial charge in [-0.2, -0.15) is 0 Å². The van der Waals surface area contributed by atoms with Crippen LogP contribution in [0.15, 0.2) is 24.3 Å². The van der Waals surface area contributed by atoms with Crippen molar-refractivity contribution in [2.24, 2.45) is 0 Å². The van der Waals surface area contributed by atoms with Crippen LogP contribution in [0, 0.1) is 0 Å². The van der Waals surface area contributed by atoms with Gasteiger partial charge in [0, 0.05) is 25.2 Å². The van der Waals surface area contributed by atoms with E-state index < -0.39 is 5.92 Å². The van der Waals surface area contributed by atoms with Crippen molar-refractivity contribution in [1.82, 2.24) is 4.90 Å². The van der Waals surface area contributed by atoms with Crippen LogP contribution in [0.1, 0.15) is 31.2 Å². The van der Waals surface area contributed by atoms with Gasteiger partial charge in [0.25, 0.3) is 0 Å². The second kappa shape index (κ2) is 6.52. The fraction of sp³-hybridized carbons (Fsp3) is 0.467. The fourth-order valence-electron chi connectivity index (χ4n) is 2.57. The third-order valence-electron chi connectivity index (χ3n) is 3.47. The molecule has 2 amide bonds. The Morgan fingerprint density at radius 3 is 2.85 bits per heavy atom. The molecule has 1 heterocycles. The third kappa shape index (κ3) is 2.99. The summed E-state index contributed by atoms with van der Waals surface area (Å²) in [7, 11) is 0. The Morgan fingerprint density at radius 1 is 1.40 bits per heavy atom. The van der Waals surface area contributed by atoms with Crippen LogP contribution in [0.4, 0.5) is 5.69 Å². The first-order valence-electron chi connectivity index (χ1n) is 6.95. The van der Waals surface area contributed by atoms with Crippen LogP contribution in [0.3, 0.4) is 0 Å². The zero-order valence-electron chi connectivity index (χ0n) is 11.6. The molecular formula is C15H20N2O3. The lowest BCUT2D eigenvalue weighted by atomic mass is 9.89. The minimum atomic E-state index is -0.446. The number of anilines is 1. The fourth-order valence-corrected chi connectivity index (χ4v) is 2.57. The number of nitrogens with zero attached hydrogens (tertiary/aromatic N) is 1. The van der Waals surface area contributed by atoms with Crippen LogP contribution in [0.2, 0.25) is 0 Å². The molecule has 20 heavy (non-hydrogen) atoms. The quantitative estimate of drug-likeness (QED) is 0.852. The van der Waals surface area contributed by atoms with E-state index >= 15 is 0 Å². The molecule has 0 aliphatic carbocycles. The number of carbonyl (C=O) groups excluding carboxylic acids is 2. The third-order valence-corrected chi connectivity index (χ3v) is 3.47. The van der Waals surface area contributed by atoms with E-state index in [4.69, 9.17) is 5.11 Å². The second-order valence-corrected chi connectivity index (χ2v) is 4.94. The first kappa shape index (κ1) is 14.5. The van der Waals surface area contributed by atoms with Crippen molar-refractivity contribution in [3.05, 3.63) is 29.8 Å². The summed E-state index contributed by atoms with van der Waals surface area (Å²) in [5, 5.41) is 11.9. The lowest BCUT2D eigenvalue weighted by Gasteiger charge is -2.30. The van der Waals surface area contributed by atoms with Crippen LogP contribution in [0.5, 0.6) is 0 Å². The van der Waals surface area contributed by atoms with Gasteiger partial charge < -0.3 is 15.3 Å². The molecule has 5 nitrogen and oxygen atoms in total. The highest BCUT2D eigenvalue weighted by atomic mass is 16.3. The average molecular weight is 276 g/mol. The first-order valence-corrected chi connectivity index (χ1v) is 6.95. The Balaban J connectivity index is 2.27. The number of hydrogen-bond acceptors (Lipinski definition) is 3. The molecule has 1 atom stereocenters. The molecule has 0 bridgehead atoms. The molecule has 0 saturated carbocycles. The molecule has 1 aromatic carbocycles. The number of nitrogens with one attached hydrogen (secondary N) is 1. The van der Waals surface area contributed by atoms with Gasteiger partial charge >= 0.3 is 0 Å². The topological polar surface area (TPSA) is 69.6 Å². The maximum atomic E-state index is 12.6. The summed E-state index contributed by atoms with van der Waals surface area (Å²) in [5.41, 5.74) is 1.57. The van der Waals surface area contributed by atoms with E-state index in [9.17, 15) is 9.59 Å². The summed E-state index contributed by atoms with van der Waals surface area (Å²) < 4.78 is 0. The Kier molecular flexibility index (Phi) is 4.74. The number of rotatable bonds is 5. The summed E-state index contributed by atoms with van der Waals surface area (Å²) in [4.78, 5) is 26.0. The van der Waals surface area contributed by atoms with Crippen molar-refractivity contribution in [2.45, 2.75) is 25.7 Å². The highest BCUT2D eigenvalue weighted by Gasteiger charge is 2.32. The van der Waals surface area contributed by atoms with Crippen molar-refractivity contribution >= 4 is 17.5 Å². The van der Waals surface area contributed by atoms with Gasteiger partial charge in [-0.3, -0.25) is 9.59 Å². The molecule has 0 saturated heterocycles. The van der Waals surface area contributed by atoms with E-state index in [0.29, 0.717) is 18.8 Å². The van der Waals surface area contributed by atoms with Gasteiger partial charge in [0.15, 0.2) is 0 Å². The maximum Gasteiger partial charge on any atom is 0.230 e. The van der Waals surface area contributed by atoms with Gasteiger partial charge in [-0.05, 0) is 18.1 Å². The Morgan fingerprint density at radius 2 is 2.15 bits per heavy atom. The Hall–Kier alpha value is -1.88. The van der Waals surface area contributed by atoms with E-state index in [-0.39, 0.29) is 24.8 Å². The van der Waals surface area contributed by atoms with Crippen molar-refractivity contribution in [3.63, 3.8) is 0 Å². The van der Waals surface area contributed by atoms with Gasteiger partial charge in [-0.1, -0.05) is 25.1 Å². The lowest BCUT2D eigenvalue weighted by Crippen LogP contribution is -2.40. The molecule has 0 fully saturated rings. The molecule has 1 aliphatic rings. The number of aliphatic hydroxyl groups is 1. The maximum absolute atomic E-state index is 12.6. The van der Waals surface area contributed by atoms with Gasteiger partial charge in [0.1, 0.15) is 0 Å². The molecule has 1 unspecified atom stereocenters. The molecule has 108 valence electrons. The number of aliphatic hydroxyl groups excluding tert-OH is 1. The minimum Gasteiger partial charge on any atom is -0.395 e. The average Bonchev–Trinajstić information content (AvgIpc) is 2.45. The van der Waals surface area contributed by atoms with Gasteiger partial charge in [0.05, 0.1) is 12.5 Å². The van der Waals surface area contributed by atoms with Crippen LogP contribution < -0.4 is 5.32 Å². The van der Waals surface area contributed by atoms with Crippen LogP contribution in [-0.4, -0.2) is 41.5 Å². The Bertz CT molecular complexity index is 496. The summed E-state index contributed by atoms with van der Waals surface area (Å²) >= 11 is 0. The van der Waals surface area contributed by atoms with E-state index in [1.807, 2.05) is 31.2 Å². The van der Waals surface area contributed by atoms with E-state index in [1.54, 1.807) is 4.90 Å². The number of hydrogen-bond donors (Lipinski definition) is 2. The second-order valence-electron chi connectivity index (χ2n) is 4.94. The van der Waals surface area contributed by atoms with Crippen molar-refractivity contribution < 1.29 is 14.7 Å². The summed E-state index contributed by atoms with van der Waals surface area (Å²) in [5.74, 6) is -0.663. The largest absolute Gasteiger partial charge is 0.395 e. The molecule has 2 rings (SSSR count). The first-order chi connectivity index (χ1) is 9.67. The van der Waals surface area contributed by atoms with E-state index in [1.165, 1.54) is 0 Å². The highest BCUT2D eigenvalue weighted by Crippen LogP contribution is 2.33. The zero-order chi connectivity index (χ0) is 14.5. The molecule has 2 N–H and O–H groups in total. The van der Waals surface area contributed by atoms with Gasteiger partial charge in [0.2, 0.25) is 11.8 Å². The SMILES string of the molecule is CCCN(CCO)C(=O)C1CC(=O)Nc2ccccc21. The summed E-state index contributed by atoms with van der Waals surface area (Å²) in [6.07, 6.45) is 0.994. The molecular weight excluding hydrogens is 256 g/mol. The molecule has 0 radical (unpaired) electrons. The normalized spacial score (nSPS) is 17.3. The highest BCUT2D eigenvalue weighted by molar-refractivity contribution is 6.01. The van der Waals surface area contributed by atoms with Gasteiger partial charge in [-0.25, -0.2) is 0 Å². The molecule has 5 heteroatoms. The van der Waals surface area contributed by atoms with Crippen LogP contribution in [-0.2, 0) is 9.59 Å². The number of amides is 2. The smallest absolute Gasteiger partial charge is 0.230 e. The van der Waals surface area contributed by atoms with Crippen molar-refractivity contribution in [1.29, 1.82) is 0 Å². The lowest BCUT2D eigenvalue weighted by molar-refractivity contribution is -0.135. The number of carbonyl (C=O) groups is 2. The monoisotopic (exact) mass is 276 g/mol. The Labute approximate surface area is 118 Å². The molecule has 0 spiro atoms.